The summed E-state index contributed by atoms with van der Waals surface area (Å²) >= 11 is 0. The van der Waals surface area contributed by atoms with Crippen molar-refractivity contribution < 1.29 is 37.2 Å². The summed E-state index contributed by atoms with van der Waals surface area (Å²) in [6.45, 7) is 4.16. The van der Waals surface area contributed by atoms with Crippen LogP contribution in [0.5, 0.6) is 11.5 Å². The van der Waals surface area contributed by atoms with E-state index in [1.165, 1.54) is 50.6 Å². The number of hydrogen-bond donors (Lipinski definition) is 1. The summed E-state index contributed by atoms with van der Waals surface area (Å²) in [6, 6.07) is 14.4. The van der Waals surface area contributed by atoms with Gasteiger partial charge in [0, 0.05) is 24.1 Å². The summed E-state index contributed by atoms with van der Waals surface area (Å²) in [7, 11) is -0.359. The molecule has 4 atom stereocenters. The minimum Gasteiger partial charge on any atom is -0.493 e. The zero-order valence-corrected chi connectivity index (χ0v) is 22.0. The lowest BCUT2D eigenvalue weighted by atomic mass is 10.1. The van der Waals surface area contributed by atoms with Gasteiger partial charge in [-0.15, -0.1) is 0 Å². The van der Waals surface area contributed by atoms with Crippen LogP contribution in [0.15, 0.2) is 71.8 Å². The molecule has 1 aromatic heterocycles. The summed E-state index contributed by atoms with van der Waals surface area (Å²) in [4.78, 5) is 41.6. The van der Waals surface area contributed by atoms with Crippen LogP contribution in [0.1, 0.15) is 42.1 Å². The maximum absolute atomic E-state index is 13.5. The SMILES string of the molecule is COc1ccnc(C(=O)N[C@@H](C)C(=O)O[C@@H](C)[C@@H](c2ccccc2)S(=O)c2ccc(F)cc2)c1OC(C)=O. The van der Waals surface area contributed by atoms with Gasteiger partial charge in [-0.25, -0.2) is 14.2 Å². The van der Waals surface area contributed by atoms with E-state index in [0.717, 1.165) is 6.92 Å². The highest BCUT2D eigenvalue weighted by Crippen LogP contribution is 2.31. The van der Waals surface area contributed by atoms with E-state index in [1.807, 2.05) is 0 Å². The van der Waals surface area contributed by atoms with Crippen LogP contribution in [0.2, 0.25) is 0 Å². The third-order valence-corrected chi connectivity index (χ3v) is 7.24. The highest BCUT2D eigenvalue weighted by molar-refractivity contribution is 7.85. The third kappa shape index (κ3) is 7.00. The fourth-order valence-electron chi connectivity index (χ4n) is 3.59. The Bertz CT molecular complexity index is 1320. The molecule has 0 aliphatic heterocycles. The highest BCUT2D eigenvalue weighted by Gasteiger charge is 2.32. The van der Waals surface area contributed by atoms with Gasteiger partial charge >= 0.3 is 11.9 Å². The number of benzene rings is 2. The molecule has 200 valence electrons. The first kappa shape index (κ1) is 28.5. The molecule has 1 heterocycles. The van der Waals surface area contributed by atoms with Crippen molar-refractivity contribution in [3.05, 3.63) is 83.9 Å². The van der Waals surface area contributed by atoms with Gasteiger partial charge in [-0.05, 0) is 43.7 Å². The molecule has 0 aliphatic carbocycles. The molecule has 0 saturated carbocycles. The Labute approximate surface area is 221 Å². The largest absolute Gasteiger partial charge is 0.493 e. The van der Waals surface area contributed by atoms with Gasteiger partial charge in [0.15, 0.2) is 11.4 Å². The summed E-state index contributed by atoms with van der Waals surface area (Å²) in [5.74, 6) is -2.82. The number of nitrogens with one attached hydrogen (secondary N) is 1. The van der Waals surface area contributed by atoms with Gasteiger partial charge in [0.2, 0.25) is 5.75 Å². The van der Waals surface area contributed by atoms with Crippen LogP contribution in [0, 0.1) is 5.82 Å². The zero-order chi connectivity index (χ0) is 27.8. The van der Waals surface area contributed by atoms with Crippen molar-refractivity contribution in [1.29, 1.82) is 0 Å². The van der Waals surface area contributed by atoms with E-state index in [4.69, 9.17) is 14.2 Å². The Morgan fingerprint density at radius 1 is 1.00 bits per heavy atom. The fourth-order valence-corrected chi connectivity index (χ4v) is 5.10. The molecule has 0 saturated heterocycles. The Hall–Kier alpha value is -4.12. The van der Waals surface area contributed by atoms with Crippen molar-refractivity contribution in [2.45, 2.75) is 43.1 Å². The van der Waals surface area contributed by atoms with Crippen LogP contribution in [0.4, 0.5) is 4.39 Å². The smallest absolute Gasteiger partial charge is 0.328 e. The molecule has 0 bridgehead atoms. The van der Waals surface area contributed by atoms with E-state index in [1.54, 1.807) is 37.3 Å². The Balaban J connectivity index is 1.78. The lowest BCUT2D eigenvalue weighted by Gasteiger charge is -2.25. The molecule has 9 nitrogen and oxygen atoms in total. The van der Waals surface area contributed by atoms with Crippen LogP contribution in [0.3, 0.4) is 0 Å². The molecule has 0 spiro atoms. The highest BCUT2D eigenvalue weighted by atomic mass is 32.2. The molecule has 3 rings (SSSR count). The second-order valence-electron chi connectivity index (χ2n) is 8.20. The topological polar surface area (TPSA) is 121 Å². The minimum atomic E-state index is -1.70. The molecule has 1 N–H and O–H groups in total. The Morgan fingerprint density at radius 2 is 1.66 bits per heavy atom. The van der Waals surface area contributed by atoms with Gasteiger partial charge in [-0.2, -0.15) is 0 Å². The molecule has 2 aromatic carbocycles. The van der Waals surface area contributed by atoms with Crippen LogP contribution < -0.4 is 14.8 Å². The van der Waals surface area contributed by atoms with Gasteiger partial charge < -0.3 is 19.5 Å². The minimum absolute atomic E-state index is 0.109. The Morgan fingerprint density at radius 3 is 2.26 bits per heavy atom. The molecule has 0 fully saturated rings. The van der Waals surface area contributed by atoms with E-state index in [0.29, 0.717) is 10.5 Å². The van der Waals surface area contributed by atoms with Crippen molar-refractivity contribution >= 4 is 28.6 Å². The number of carbonyl (C=O) groups excluding carboxylic acids is 3. The first-order chi connectivity index (χ1) is 18.1. The predicted octanol–water partition coefficient (Wildman–Crippen LogP) is 3.75. The lowest BCUT2D eigenvalue weighted by molar-refractivity contribution is -0.150. The fraction of sp³-hybridized carbons (Fsp3) is 0.259. The number of methoxy groups -OCH3 is 1. The molecule has 38 heavy (non-hydrogen) atoms. The molecule has 1 amide bonds. The standard InChI is InChI=1S/C27H27FN2O7S/c1-16(30-26(32)23-24(37-18(3)31)22(35-4)14-15-29-23)27(33)36-17(2)25(19-8-6-5-7-9-19)38(34)21-12-10-20(28)11-13-21/h5-17,25H,1-4H3,(H,30,32)/t16-,17-,25-,38?/m0/s1. The number of hydrogen-bond acceptors (Lipinski definition) is 8. The van der Waals surface area contributed by atoms with Gasteiger partial charge in [0.05, 0.1) is 17.9 Å². The maximum atomic E-state index is 13.5. The molecule has 0 radical (unpaired) electrons. The number of aromatic nitrogens is 1. The molecular formula is C27H27FN2O7S. The van der Waals surface area contributed by atoms with Crippen LogP contribution in [-0.4, -0.2) is 46.3 Å². The molecule has 1 unspecified atom stereocenters. The van der Waals surface area contributed by atoms with Gasteiger partial charge in [0.1, 0.15) is 23.2 Å². The van der Waals surface area contributed by atoms with Crippen molar-refractivity contribution in [2.75, 3.05) is 7.11 Å². The van der Waals surface area contributed by atoms with E-state index in [-0.39, 0.29) is 17.2 Å². The van der Waals surface area contributed by atoms with Gasteiger partial charge in [-0.1, -0.05) is 30.3 Å². The number of esters is 2. The van der Waals surface area contributed by atoms with E-state index >= 15 is 0 Å². The van der Waals surface area contributed by atoms with E-state index < -0.39 is 51.9 Å². The number of ether oxygens (including phenoxy) is 3. The van der Waals surface area contributed by atoms with Crippen LogP contribution in [-0.2, 0) is 25.1 Å². The summed E-state index contributed by atoms with van der Waals surface area (Å²) in [5.41, 5.74) is 0.394. The van der Waals surface area contributed by atoms with Crippen molar-refractivity contribution in [2.24, 2.45) is 0 Å². The first-order valence-electron chi connectivity index (χ1n) is 11.6. The number of halogens is 1. The lowest BCUT2D eigenvalue weighted by Crippen LogP contribution is -2.42. The summed E-state index contributed by atoms with van der Waals surface area (Å²) in [6.07, 6.45) is 0.405. The second kappa shape index (κ2) is 12.9. The number of carbonyl (C=O) groups is 3. The number of rotatable bonds is 10. The van der Waals surface area contributed by atoms with Gasteiger partial charge in [-0.3, -0.25) is 13.8 Å². The molecule has 3 aromatic rings. The van der Waals surface area contributed by atoms with Crippen molar-refractivity contribution in [3.8, 4) is 11.5 Å². The van der Waals surface area contributed by atoms with Crippen molar-refractivity contribution in [1.82, 2.24) is 10.3 Å². The monoisotopic (exact) mass is 542 g/mol. The zero-order valence-electron chi connectivity index (χ0n) is 21.2. The summed E-state index contributed by atoms with van der Waals surface area (Å²) in [5, 5.41) is 1.70. The molecule has 11 heteroatoms. The Kier molecular flexibility index (Phi) is 9.66. The molecule has 0 aliphatic rings. The van der Waals surface area contributed by atoms with E-state index in [2.05, 4.69) is 10.3 Å². The normalized spacial score (nSPS) is 13.9. The van der Waals surface area contributed by atoms with E-state index in [9.17, 15) is 23.0 Å². The number of pyridine rings is 1. The van der Waals surface area contributed by atoms with Crippen LogP contribution in [0.25, 0.3) is 0 Å². The van der Waals surface area contributed by atoms with Gasteiger partial charge in [0.25, 0.3) is 5.91 Å². The quantitative estimate of drug-likeness (QED) is 0.385. The summed E-state index contributed by atoms with van der Waals surface area (Å²) < 4.78 is 42.7. The third-order valence-electron chi connectivity index (χ3n) is 5.38. The number of amides is 1. The second-order valence-corrected chi connectivity index (χ2v) is 9.78. The number of nitrogens with zero attached hydrogens (tertiary/aromatic N) is 1. The maximum Gasteiger partial charge on any atom is 0.328 e. The first-order valence-corrected chi connectivity index (χ1v) is 12.8. The average Bonchev–Trinajstić information content (AvgIpc) is 2.89. The van der Waals surface area contributed by atoms with Crippen LogP contribution >= 0.6 is 0 Å². The average molecular weight is 543 g/mol. The van der Waals surface area contributed by atoms with Crippen molar-refractivity contribution in [3.63, 3.8) is 0 Å². The predicted molar refractivity (Wildman–Crippen MR) is 137 cm³/mol. The molecular weight excluding hydrogens is 515 g/mol.